The van der Waals surface area contributed by atoms with E-state index in [0.717, 1.165) is 10.5 Å². The van der Waals surface area contributed by atoms with E-state index in [2.05, 4.69) is 5.32 Å². The summed E-state index contributed by atoms with van der Waals surface area (Å²) in [4.78, 5) is 39.2. The third-order valence-corrected chi connectivity index (χ3v) is 5.61. The second-order valence-electron chi connectivity index (χ2n) is 7.18. The van der Waals surface area contributed by atoms with Gasteiger partial charge in [-0.2, -0.15) is 0 Å². The van der Waals surface area contributed by atoms with Crippen LogP contribution < -0.4 is 10.9 Å². The highest BCUT2D eigenvalue weighted by Gasteiger charge is 2.51. The van der Waals surface area contributed by atoms with Crippen molar-refractivity contribution in [2.75, 3.05) is 0 Å². The number of imide groups is 1. The smallest absolute Gasteiger partial charge is 0.336 e. The van der Waals surface area contributed by atoms with Crippen molar-refractivity contribution >= 4 is 34.5 Å². The summed E-state index contributed by atoms with van der Waals surface area (Å²) >= 11 is 5.97. The average Bonchev–Trinajstić information content (AvgIpc) is 2.93. The summed E-state index contributed by atoms with van der Waals surface area (Å²) < 4.78 is 5.27. The molecule has 2 aromatic carbocycles. The summed E-state index contributed by atoms with van der Waals surface area (Å²) in [6, 6.07) is 13.2. The minimum absolute atomic E-state index is 0.0227. The molecule has 3 aromatic rings. The van der Waals surface area contributed by atoms with Gasteiger partial charge in [-0.1, -0.05) is 42.8 Å². The highest BCUT2D eigenvalue weighted by atomic mass is 35.5. The average molecular weight is 411 g/mol. The first-order chi connectivity index (χ1) is 13.8. The fourth-order valence-corrected chi connectivity index (χ4v) is 3.91. The zero-order valence-electron chi connectivity index (χ0n) is 16.0. The van der Waals surface area contributed by atoms with E-state index in [1.54, 1.807) is 30.3 Å². The normalized spacial score (nSPS) is 19.1. The van der Waals surface area contributed by atoms with Crippen LogP contribution in [-0.2, 0) is 16.9 Å². The maximum absolute atomic E-state index is 13.3. The van der Waals surface area contributed by atoms with Gasteiger partial charge < -0.3 is 9.73 Å². The molecule has 1 N–H and O–H groups in total. The second kappa shape index (κ2) is 7.04. The van der Waals surface area contributed by atoms with Gasteiger partial charge in [-0.15, -0.1) is 0 Å². The number of rotatable bonds is 4. The number of carbonyl (C=O) groups excluding carboxylic acids is 2. The van der Waals surface area contributed by atoms with Crippen LogP contribution in [0.3, 0.4) is 0 Å². The van der Waals surface area contributed by atoms with E-state index in [1.807, 2.05) is 26.0 Å². The van der Waals surface area contributed by atoms with Gasteiger partial charge >= 0.3 is 11.7 Å². The van der Waals surface area contributed by atoms with Crippen LogP contribution in [-0.4, -0.2) is 16.8 Å². The van der Waals surface area contributed by atoms with Crippen molar-refractivity contribution in [2.24, 2.45) is 0 Å². The first-order valence-corrected chi connectivity index (χ1v) is 9.65. The molecule has 1 aliphatic heterocycles. The molecule has 0 radical (unpaired) electrons. The van der Waals surface area contributed by atoms with Gasteiger partial charge in [0.15, 0.2) is 0 Å². The number of aryl methyl sites for hydroxylation is 1. The Kier molecular flexibility index (Phi) is 4.67. The molecule has 29 heavy (non-hydrogen) atoms. The Labute approximate surface area is 172 Å². The number of nitrogens with one attached hydrogen (secondary N) is 1. The number of urea groups is 1. The van der Waals surface area contributed by atoms with Gasteiger partial charge in [-0.3, -0.25) is 9.69 Å². The first-order valence-electron chi connectivity index (χ1n) is 9.27. The van der Waals surface area contributed by atoms with E-state index < -0.39 is 17.2 Å². The Morgan fingerprint density at radius 3 is 2.48 bits per heavy atom. The molecule has 1 unspecified atom stereocenters. The van der Waals surface area contributed by atoms with Crippen LogP contribution >= 0.6 is 11.6 Å². The maximum Gasteiger partial charge on any atom is 0.336 e. The van der Waals surface area contributed by atoms with Crippen molar-refractivity contribution in [1.82, 2.24) is 10.2 Å². The maximum atomic E-state index is 13.3. The van der Waals surface area contributed by atoms with Crippen molar-refractivity contribution < 1.29 is 14.0 Å². The standard InChI is InChI=1S/C22H19ClN2O4/c1-3-22(15-5-7-16(23)8-6-15)20(27)25(21(28)24-22)12-14-11-19(26)29-18-10-13(2)4-9-17(14)18/h4-11H,3,12H2,1-2H3,(H,24,28). The third-order valence-electron chi connectivity index (χ3n) is 5.36. The Morgan fingerprint density at radius 1 is 1.07 bits per heavy atom. The van der Waals surface area contributed by atoms with Gasteiger partial charge in [0, 0.05) is 16.5 Å². The Morgan fingerprint density at radius 2 is 1.79 bits per heavy atom. The number of carbonyl (C=O) groups is 2. The van der Waals surface area contributed by atoms with Gasteiger partial charge in [-0.05, 0) is 48.2 Å². The topological polar surface area (TPSA) is 79.6 Å². The van der Waals surface area contributed by atoms with Crippen LogP contribution in [0.1, 0.15) is 30.0 Å². The lowest BCUT2D eigenvalue weighted by Crippen LogP contribution is -2.43. The van der Waals surface area contributed by atoms with Crippen LogP contribution in [0.5, 0.6) is 0 Å². The van der Waals surface area contributed by atoms with E-state index in [9.17, 15) is 14.4 Å². The van der Waals surface area contributed by atoms with Crippen molar-refractivity contribution in [3.63, 3.8) is 0 Å². The molecule has 0 saturated carbocycles. The predicted molar refractivity (Wildman–Crippen MR) is 110 cm³/mol. The number of hydrogen-bond acceptors (Lipinski definition) is 4. The van der Waals surface area contributed by atoms with Gasteiger partial charge in [0.05, 0.1) is 6.54 Å². The number of hydrogen-bond donors (Lipinski definition) is 1. The molecule has 0 bridgehead atoms. The van der Waals surface area contributed by atoms with Crippen molar-refractivity contribution in [3.8, 4) is 0 Å². The first kappa shape index (κ1) is 19.2. The molecule has 1 fully saturated rings. The lowest BCUT2D eigenvalue weighted by molar-refractivity contribution is -0.132. The quantitative estimate of drug-likeness (QED) is 0.518. The molecule has 0 spiro atoms. The van der Waals surface area contributed by atoms with Crippen molar-refractivity contribution in [2.45, 2.75) is 32.4 Å². The molecule has 1 saturated heterocycles. The monoisotopic (exact) mass is 410 g/mol. The molecule has 1 atom stereocenters. The van der Waals surface area contributed by atoms with Crippen LogP contribution in [0.15, 0.2) is 57.7 Å². The molecule has 148 valence electrons. The zero-order valence-corrected chi connectivity index (χ0v) is 16.7. The molecular formula is C22H19ClN2O4. The molecule has 1 aliphatic rings. The van der Waals surface area contributed by atoms with Gasteiger partial charge in [-0.25, -0.2) is 9.59 Å². The van der Waals surface area contributed by atoms with E-state index in [4.69, 9.17) is 16.0 Å². The summed E-state index contributed by atoms with van der Waals surface area (Å²) in [6.07, 6.45) is 0.382. The molecule has 7 heteroatoms. The zero-order chi connectivity index (χ0) is 20.8. The van der Waals surface area contributed by atoms with Gasteiger partial charge in [0.2, 0.25) is 0 Å². The molecule has 0 aliphatic carbocycles. The molecule has 6 nitrogen and oxygen atoms in total. The fourth-order valence-electron chi connectivity index (χ4n) is 3.78. The molecule has 3 amide bonds. The predicted octanol–water partition coefficient (Wildman–Crippen LogP) is 4.11. The largest absolute Gasteiger partial charge is 0.423 e. The number of nitrogens with zero attached hydrogens (tertiary/aromatic N) is 1. The van der Waals surface area contributed by atoms with E-state index in [1.165, 1.54) is 6.07 Å². The SMILES string of the molecule is CCC1(c2ccc(Cl)cc2)NC(=O)N(Cc2cc(=O)oc3cc(C)ccc23)C1=O. The van der Waals surface area contributed by atoms with E-state index >= 15 is 0 Å². The molecule has 2 heterocycles. The minimum Gasteiger partial charge on any atom is -0.423 e. The Bertz CT molecular complexity index is 1190. The number of amides is 3. The van der Waals surface area contributed by atoms with Gasteiger partial charge in [0.25, 0.3) is 5.91 Å². The van der Waals surface area contributed by atoms with Crippen LogP contribution in [0.25, 0.3) is 11.0 Å². The minimum atomic E-state index is -1.16. The fraction of sp³-hybridized carbons (Fsp3) is 0.227. The number of halogens is 1. The highest BCUT2D eigenvalue weighted by Crippen LogP contribution is 2.34. The summed E-state index contributed by atoms with van der Waals surface area (Å²) in [7, 11) is 0. The number of fused-ring (bicyclic) bond motifs is 1. The van der Waals surface area contributed by atoms with Crippen molar-refractivity contribution in [3.05, 3.63) is 80.7 Å². The summed E-state index contributed by atoms with van der Waals surface area (Å²) in [6.45, 7) is 3.71. The molecule has 1 aromatic heterocycles. The highest BCUT2D eigenvalue weighted by molar-refractivity contribution is 6.30. The third kappa shape index (κ3) is 3.19. The Balaban J connectivity index is 1.75. The lowest BCUT2D eigenvalue weighted by Gasteiger charge is -2.26. The lowest BCUT2D eigenvalue weighted by atomic mass is 9.87. The summed E-state index contributed by atoms with van der Waals surface area (Å²) in [5.74, 6) is -0.360. The van der Waals surface area contributed by atoms with E-state index in [0.29, 0.717) is 33.5 Å². The molecular weight excluding hydrogens is 392 g/mol. The Hall–Kier alpha value is -3.12. The summed E-state index contributed by atoms with van der Waals surface area (Å²) in [5.41, 5.74) is 0.915. The second-order valence-corrected chi connectivity index (χ2v) is 7.61. The van der Waals surface area contributed by atoms with Crippen LogP contribution in [0.2, 0.25) is 5.02 Å². The van der Waals surface area contributed by atoms with Crippen molar-refractivity contribution in [1.29, 1.82) is 0 Å². The van der Waals surface area contributed by atoms with Crippen LogP contribution in [0.4, 0.5) is 4.79 Å². The summed E-state index contributed by atoms with van der Waals surface area (Å²) in [5, 5.41) is 4.08. The van der Waals surface area contributed by atoms with E-state index in [-0.39, 0.29) is 12.5 Å². The van der Waals surface area contributed by atoms with Gasteiger partial charge in [0.1, 0.15) is 11.1 Å². The molecule has 4 rings (SSSR count). The van der Waals surface area contributed by atoms with Crippen LogP contribution in [0, 0.1) is 6.92 Å². The number of benzene rings is 2.